The highest BCUT2D eigenvalue weighted by atomic mass is 32.2. The second-order valence-electron chi connectivity index (χ2n) is 8.16. The average Bonchev–Trinajstić information content (AvgIpc) is 3.48. The maximum absolute atomic E-state index is 13.5. The van der Waals surface area contributed by atoms with E-state index in [1.54, 1.807) is 65.6 Å². The molecule has 3 aromatic rings. The van der Waals surface area contributed by atoms with Gasteiger partial charge in [-0.05, 0) is 60.0 Å². The molecule has 9 heteroatoms. The zero-order valence-electron chi connectivity index (χ0n) is 17.9. The molecule has 3 amide bonds. The highest BCUT2D eigenvalue weighted by Crippen LogP contribution is 2.34. The number of nitrogens with zero attached hydrogens (tertiary/aromatic N) is 2. The first-order chi connectivity index (χ1) is 16.4. The fraction of sp³-hybridized carbons (Fsp3) is 0.160. The predicted octanol–water partition coefficient (Wildman–Crippen LogP) is 2.92. The van der Waals surface area contributed by atoms with Crippen molar-refractivity contribution < 1.29 is 18.0 Å². The molecule has 2 unspecified atom stereocenters. The molecule has 0 radical (unpaired) electrons. The summed E-state index contributed by atoms with van der Waals surface area (Å²) >= 11 is 0. The summed E-state index contributed by atoms with van der Waals surface area (Å²) < 4.78 is 27.0. The number of fused-ring (bicyclic) bond motifs is 1. The molecule has 0 aromatic heterocycles. The van der Waals surface area contributed by atoms with Crippen molar-refractivity contribution in [3.05, 3.63) is 95.1 Å². The van der Waals surface area contributed by atoms with Crippen molar-refractivity contribution in [2.75, 3.05) is 11.4 Å². The number of carbonyl (C=O) groups is 2. The Bertz CT molecular complexity index is 1430. The molecular formula is C25H20N4O4S. The number of nitriles is 1. The van der Waals surface area contributed by atoms with Gasteiger partial charge in [-0.25, -0.2) is 13.2 Å². The number of nitrogens with one attached hydrogen (secondary N) is 2. The van der Waals surface area contributed by atoms with E-state index < -0.39 is 27.3 Å². The van der Waals surface area contributed by atoms with Crippen molar-refractivity contribution in [1.29, 1.82) is 5.26 Å². The minimum Gasteiger partial charge on any atom is -0.328 e. The van der Waals surface area contributed by atoms with Crippen molar-refractivity contribution in [2.45, 2.75) is 22.7 Å². The van der Waals surface area contributed by atoms with Gasteiger partial charge in [-0.15, -0.1) is 0 Å². The first kappa shape index (κ1) is 21.7. The quantitative estimate of drug-likeness (QED) is 0.605. The molecular weight excluding hydrogens is 452 g/mol. The van der Waals surface area contributed by atoms with Crippen LogP contribution in [0.15, 0.2) is 77.7 Å². The third-order valence-electron chi connectivity index (χ3n) is 6.14. The lowest BCUT2D eigenvalue weighted by Gasteiger charge is -2.20. The molecule has 34 heavy (non-hydrogen) atoms. The van der Waals surface area contributed by atoms with Crippen molar-refractivity contribution in [2.24, 2.45) is 0 Å². The van der Waals surface area contributed by atoms with Crippen LogP contribution >= 0.6 is 0 Å². The molecule has 170 valence electrons. The fourth-order valence-corrected chi connectivity index (χ4v) is 6.11. The second kappa shape index (κ2) is 8.32. The van der Waals surface area contributed by atoms with Gasteiger partial charge in [0.05, 0.1) is 22.6 Å². The number of anilines is 1. The van der Waals surface area contributed by atoms with Crippen LogP contribution < -0.4 is 15.5 Å². The minimum absolute atomic E-state index is 0.0915. The Kier molecular flexibility index (Phi) is 5.30. The third kappa shape index (κ3) is 3.68. The highest BCUT2D eigenvalue weighted by Gasteiger charge is 2.43. The minimum atomic E-state index is -3.92. The number of benzene rings is 3. The fourth-order valence-electron chi connectivity index (χ4n) is 4.40. The number of carbonyl (C=O) groups excluding carboxylic acids is 2. The number of sulfone groups is 1. The Morgan fingerprint density at radius 2 is 1.74 bits per heavy atom. The number of rotatable bonds is 4. The van der Waals surface area contributed by atoms with E-state index in [1.165, 1.54) is 6.07 Å². The molecule has 1 saturated heterocycles. The average molecular weight is 473 g/mol. The summed E-state index contributed by atoms with van der Waals surface area (Å²) in [4.78, 5) is 26.8. The van der Waals surface area contributed by atoms with E-state index in [0.717, 1.165) is 5.56 Å². The Morgan fingerprint density at radius 3 is 2.44 bits per heavy atom. The van der Waals surface area contributed by atoms with Gasteiger partial charge in [-0.1, -0.05) is 30.3 Å². The lowest BCUT2D eigenvalue weighted by molar-refractivity contribution is 0.0989. The molecule has 2 N–H and O–H groups in total. The van der Waals surface area contributed by atoms with E-state index in [9.17, 15) is 18.0 Å². The van der Waals surface area contributed by atoms with E-state index >= 15 is 0 Å². The molecule has 0 aliphatic carbocycles. The van der Waals surface area contributed by atoms with Crippen molar-refractivity contribution in [1.82, 2.24) is 10.6 Å². The van der Waals surface area contributed by atoms with E-state index in [4.69, 9.17) is 5.26 Å². The van der Waals surface area contributed by atoms with Gasteiger partial charge < -0.3 is 15.5 Å². The number of urea groups is 1. The van der Waals surface area contributed by atoms with Crippen molar-refractivity contribution in [3.63, 3.8) is 0 Å². The zero-order chi connectivity index (χ0) is 23.9. The molecule has 5 rings (SSSR count). The van der Waals surface area contributed by atoms with E-state index in [1.807, 2.05) is 12.1 Å². The molecule has 8 nitrogen and oxygen atoms in total. The number of amides is 3. The molecule has 0 spiro atoms. The summed E-state index contributed by atoms with van der Waals surface area (Å²) in [5.41, 5.74) is 3.01. The Morgan fingerprint density at radius 1 is 1.00 bits per heavy atom. The molecule has 2 aliphatic heterocycles. The van der Waals surface area contributed by atoms with Crippen LogP contribution in [0.4, 0.5) is 10.5 Å². The van der Waals surface area contributed by atoms with E-state index in [0.29, 0.717) is 35.3 Å². The summed E-state index contributed by atoms with van der Waals surface area (Å²) in [7, 11) is -3.92. The Hall–Kier alpha value is -4.16. The van der Waals surface area contributed by atoms with Gasteiger partial charge in [0.15, 0.2) is 5.37 Å². The predicted molar refractivity (Wildman–Crippen MR) is 125 cm³/mol. The molecule has 3 aromatic carbocycles. The summed E-state index contributed by atoms with van der Waals surface area (Å²) in [6.45, 7) is 0.423. The molecule has 2 aliphatic rings. The van der Waals surface area contributed by atoms with Crippen LogP contribution in [0.25, 0.3) is 0 Å². The van der Waals surface area contributed by atoms with E-state index in [2.05, 4.69) is 10.6 Å². The topological polar surface area (TPSA) is 119 Å². The summed E-state index contributed by atoms with van der Waals surface area (Å²) in [5, 5.41) is 13.0. The van der Waals surface area contributed by atoms with Crippen LogP contribution in [0.1, 0.15) is 33.1 Å². The van der Waals surface area contributed by atoms with Crippen LogP contribution in [-0.4, -0.2) is 32.3 Å². The molecule has 0 saturated carbocycles. The number of hydrogen-bond acceptors (Lipinski definition) is 5. The van der Waals surface area contributed by atoms with Gasteiger partial charge in [0.2, 0.25) is 9.84 Å². The van der Waals surface area contributed by atoms with E-state index in [-0.39, 0.29) is 10.8 Å². The van der Waals surface area contributed by atoms with Gasteiger partial charge in [0, 0.05) is 17.8 Å². The first-order valence-corrected chi connectivity index (χ1v) is 12.2. The van der Waals surface area contributed by atoms with Gasteiger partial charge in [-0.3, -0.25) is 4.79 Å². The lowest BCUT2D eigenvalue weighted by atomic mass is 10.1. The first-order valence-electron chi connectivity index (χ1n) is 10.7. The summed E-state index contributed by atoms with van der Waals surface area (Å²) in [6, 6.07) is 20.8. The molecule has 2 atom stereocenters. The molecule has 2 heterocycles. The standard InChI is InChI=1S/C25H20N4O4S/c26-15-16-6-8-18(9-7-16)24(30)29-13-12-19-14-20(10-11-21(19)29)34(32,33)23-22(27-25(31)28-23)17-4-2-1-3-5-17/h1-11,14,22-23H,12-13H2,(H2,27,28,31). The van der Waals surface area contributed by atoms with Gasteiger partial charge in [-0.2, -0.15) is 5.26 Å². The SMILES string of the molecule is N#Cc1ccc(C(=O)N2CCc3cc(S(=O)(=O)C4NC(=O)NC4c4ccccc4)ccc32)cc1. The second-order valence-corrected chi connectivity index (χ2v) is 10.2. The summed E-state index contributed by atoms with van der Waals surface area (Å²) in [5.74, 6) is -0.213. The third-order valence-corrected chi connectivity index (χ3v) is 8.11. The smallest absolute Gasteiger partial charge is 0.316 e. The largest absolute Gasteiger partial charge is 0.328 e. The van der Waals surface area contributed by atoms with Crippen molar-refractivity contribution in [3.8, 4) is 6.07 Å². The van der Waals surface area contributed by atoms with Crippen LogP contribution in [-0.2, 0) is 16.3 Å². The maximum Gasteiger partial charge on any atom is 0.316 e. The van der Waals surface area contributed by atoms with Gasteiger partial charge >= 0.3 is 6.03 Å². The van der Waals surface area contributed by atoms with Crippen LogP contribution in [0.3, 0.4) is 0 Å². The lowest BCUT2D eigenvalue weighted by Crippen LogP contribution is -2.36. The summed E-state index contributed by atoms with van der Waals surface area (Å²) in [6.07, 6.45) is 0.512. The van der Waals surface area contributed by atoms with Gasteiger partial charge in [0.1, 0.15) is 0 Å². The van der Waals surface area contributed by atoms with Crippen LogP contribution in [0.2, 0.25) is 0 Å². The normalized spacial score (nSPS) is 19.1. The highest BCUT2D eigenvalue weighted by molar-refractivity contribution is 7.92. The molecule has 1 fully saturated rings. The Balaban J connectivity index is 1.43. The monoisotopic (exact) mass is 472 g/mol. The van der Waals surface area contributed by atoms with Gasteiger partial charge in [0.25, 0.3) is 5.91 Å². The maximum atomic E-state index is 13.5. The number of hydrogen-bond donors (Lipinski definition) is 2. The van der Waals surface area contributed by atoms with Crippen molar-refractivity contribution >= 4 is 27.5 Å². The Labute approximate surface area is 196 Å². The molecule has 0 bridgehead atoms. The van der Waals surface area contributed by atoms with Crippen LogP contribution in [0.5, 0.6) is 0 Å². The van der Waals surface area contributed by atoms with Crippen LogP contribution in [0, 0.1) is 11.3 Å². The zero-order valence-corrected chi connectivity index (χ0v) is 18.7.